The number of isothiocyanates is 1. The van der Waals surface area contributed by atoms with Gasteiger partial charge in [0.15, 0.2) is 0 Å². The van der Waals surface area contributed by atoms with E-state index in [0.717, 1.165) is 4.90 Å². The molecule has 0 radical (unpaired) electrons. The van der Waals surface area contributed by atoms with Gasteiger partial charge in [-0.05, 0) is 24.4 Å². The van der Waals surface area contributed by atoms with Crippen molar-refractivity contribution in [2.75, 3.05) is 18.1 Å². The summed E-state index contributed by atoms with van der Waals surface area (Å²) in [5, 5.41) is 2.13. The van der Waals surface area contributed by atoms with Gasteiger partial charge in [-0.3, -0.25) is 9.69 Å². The number of rotatable bonds is 3. The summed E-state index contributed by atoms with van der Waals surface area (Å²) in [6.07, 6.45) is 0. The maximum atomic E-state index is 11.9. The largest absolute Gasteiger partial charge is 0.333 e. The van der Waals surface area contributed by atoms with E-state index in [0.29, 0.717) is 5.69 Å². The number of hydrogen-bond acceptors (Lipinski definition) is 4. The molecule has 0 aliphatic carbocycles. The molecule has 2 rings (SSSR count). The van der Waals surface area contributed by atoms with Crippen molar-refractivity contribution in [3.63, 3.8) is 0 Å². The van der Waals surface area contributed by atoms with Gasteiger partial charge in [0.25, 0.3) is 5.91 Å². The average Bonchev–Trinajstić information content (AvgIpc) is 2.64. The summed E-state index contributed by atoms with van der Waals surface area (Å²) in [5.74, 6) is -0.284. The number of hydrogen-bond donors (Lipinski definition) is 0. The molecule has 0 unspecified atom stereocenters. The van der Waals surface area contributed by atoms with Crippen LogP contribution in [0.4, 0.5) is 10.5 Å². The third kappa shape index (κ3) is 2.22. The third-order valence-corrected chi connectivity index (χ3v) is 2.53. The van der Waals surface area contributed by atoms with Gasteiger partial charge in [0.2, 0.25) is 0 Å². The standard InChI is InChI=1S/C11H9N3O2S/c15-10-6-13(9-4-2-1-3-5-9)11(16)14(10)7-12-8-17/h1-5H,6-7H2. The van der Waals surface area contributed by atoms with Gasteiger partial charge in [-0.25, -0.2) is 14.7 Å². The summed E-state index contributed by atoms with van der Waals surface area (Å²) in [6, 6.07) is 8.64. The smallest absolute Gasteiger partial charge is 0.284 e. The Morgan fingerprint density at radius 3 is 2.65 bits per heavy atom. The van der Waals surface area contributed by atoms with Crippen LogP contribution in [-0.4, -0.2) is 35.2 Å². The number of para-hydroxylation sites is 1. The molecule has 1 heterocycles. The number of thiocarbonyl (C=S) groups is 1. The normalized spacial score (nSPS) is 15.1. The Bertz CT molecular complexity index is 497. The molecule has 0 N–H and O–H groups in total. The van der Waals surface area contributed by atoms with Gasteiger partial charge in [-0.1, -0.05) is 18.2 Å². The lowest BCUT2D eigenvalue weighted by Gasteiger charge is -2.15. The van der Waals surface area contributed by atoms with Gasteiger partial charge in [-0.15, -0.1) is 0 Å². The Kier molecular flexibility index (Phi) is 3.27. The molecule has 5 nitrogen and oxygen atoms in total. The molecule has 1 aliphatic heterocycles. The summed E-state index contributed by atoms with van der Waals surface area (Å²) in [4.78, 5) is 29.6. The van der Waals surface area contributed by atoms with Gasteiger partial charge >= 0.3 is 6.03 Å². The highest BCUT2D eigenvalue weighted by molar-refractivity contribution is 7.78. The van der Waals surface area contributed by atoms with E-state index >= 15 is 0 Å². The van der Waals surface area contributed by atoms with Crippen LogP contribution < -0.4 is 4.90 Å². The molecule has 1 aromatic rings. The van der Waals surface area contributed by atoms with Crippen molar-refractivity contribution in [2.45, 2.75) is 0 Å². The van der Waals surface area contributed by atoms with Crippen molar-refractivity contribution in [1.29, 1.82) is 0 Å². The number of aliphatic imine (C=N–C) groups is 1. The van der Waals surface area contributed by atoms with Crippen molar-refractivity contribution >= 4 is 35.0 Å². The minimum atomic E-state index is -0.379. The van der Waals surface area contributed by atoms with E-state index in [9.17, 15) is 9.59 Å². The first-order chi connectivity index (χ1) is 8.24. The molecule has 1 saturated heterocycles. The highest BCUT2D eigenvalue weighted by atomic mass is 32.1. The van der Waals surface area contributed by atoms with Crippen LogP contribution in [0.15, 0.2) is 35.3 Å². The fourth-order valence-electron chi connectivity index (χ4n) is 1.59. The van der Waals surface area contributed by atoms with Crippen molar-refractivity contribution in [3.05, 3.63) is 30.3 Å². The summed E-state index contributed by atoms with van der Waals surface area (Å²) >= 11 is 4.41. The third-order valence-electron chi connectivity index (χ3n) is 2.40. The molecule has 0 saturated carbocycles. The Morgan fingerprint density at radius 2 is 2.00 bits per heavy atom. The zero-order chi connectivity index (χ0) is 12.3. The molecule has 1 fully saturated rings. The molecule has 0 spiro atoms. The SMILES string of the molecule is O=C1CN(c2ccccc2)C(=O)N1CN=C=S. The molecular weight excluding hydrogens is 238 g/mol. The Balaban J connectivity index is 2.21. The van der Waals surface area contributed by atoms with Crippen molar-refractivity contribution in [2.24, 2.45) is 4.99 Å². The summed E-state index contributed by atoms with van der Waals surface area (Å²) in [5.41, 5.74) is 0.694. The zero-order valence-electron chi connectivity index (χ0n) is 8.87. The first kappa shape index (κ1) is 11.4. The molecule has 6 heteroatoms. The molecule has 17 heavy (non-hydrogen) atoms. The number of imide groups is 1. The average molecular weight is 247 g/mol. The van der Waals surface area contributed by atoms with E-state index < -0.39 is 0 Å². The second kappa shape index (κ2) is 4.86. The van der Waals surface area contributed by atoms with E-state index in [1.54, 1.807) is 12.1 Å². The first-order valence-electron chi connectivity index (χ1n) is 4.94. The molecule has 0 bridgehead atoms. The number of anilines is 1. The van der Waals surface area contributed by atoms with Crippen LogP contribution in [0.2, 0.25) is 0 Å². The quantitative estimate of drug-likeness (QED) is 0.462. The molecule has 1 aliphatic rings. The van der Waals surface area contributed by atoms with Crippen LogP contribution in [-0.2, 0) is 4.79 Å². The van der Waals surface area contributed by atoms with E-state index in [2.05, 4.69) is 22.4 Å². The number of carbonyl (C=O) groups excluding carboxylic acids is 2. The predicted molar refractivity (Wildman–Crippen MR) is 65.9 cm³/mol. The highest BCUT2D eigenvalue weighted by Crippen LogP contribution is 2.20. The van der Waals surface area contributed by atoms with Crippen LogP contribution in [0.5, 0.6) is 0 Å². The van der Waals surface area contributed by atoms with Gasteiger partial charge in [0.05, 0.1) is 5.16 Å². The lowest BCUT2D eigenvalue weighted by Crippen LogP contribution is -2.33. The van der Waals surface area contributed by atoms with Crippen molar-refractivity contribution in [1.82, 2.24) is 4.90 Å². The summed E-state index contributed by atoms with van der Waals surface area (Å²) < 4.78 is 0. The van der Waals surface area contributed by atoms with Crippen molar-refractivity contribution < 1.29 is 9.59 Å². The molecule has 0 aromatic heterocycles. The molecule has 0 atom stereocenters. The monoisotopic (exact) mass is 247 g/mol. The fourth-order valence-corrected chi connectivity index (χ4v) is 1.65. The molecular formula is C11H9N3O2S. The number of nitrogens with zero attached hydrogens (tertiary/aromatic N) is 3. The Labute approximate surface area is 103 Å². The summed E-state index contributed by atoms with van der Waals surface area (Å²) in [7, 11) is 0. The number of carbonyl (C=O) groups is 2. The van der Waals surface area contributed by atoms with Crippen LogP contribution in [0.3, 0.4) is 0 Å². The van der Waals surface area contributed by atoms with E-state index in [1.165, 1.54) is 4.90 Å². The predicted octanol–water partition coefficient (Wildman–Crippen LogP) is 1.52. The maximum absolute atomic E-state index is 11.9. The maximum Gasteiger partial charge on any atom is 0.333 e. The topological polar surface area (TPSA) is 53.0 Å². The highest BCUT2D eigenvalue weighted by Gasteiger charge is 2.36. The van der Waals surface area contributed by atoms with Gasteiger partial charge in [-0.2, -0.15) is 0 Å². The second-order valence-electron chi connectivity index (χ2n) is 3.42. The van der Waals surface area contributed by atoms with Crippen LogP contribution in [0, 0.1) is 0 Å². The van der Waals surface area contributed by atoms with E-state index in [-0.39, 0.29) is 25.2 Å². The lowest BCUT2D eigenvalue weighted by molar-refractivity contribution is -0.124. The molecule has 3 amide bonds. The van der Waals surface area contributed by atoms with Gasteiger partial charge in [0.1, 0.15) is 13.2 Å². The summed E-state index contributed by atoms with van der Waals surface area (Å²) in [6.45, 7) is -0.0275. The number of amides is 3. The number of urea groups is 1. The van der Waals surface area contributed by atoms with Gasteiger partial charge < -0.3 is 0 Å². The fraction of sp³-hybridized carbons (Fsp3) is 0.182. The lowest BCUT2D eigenvalue weighted by atomic mass is 10.3. The Hall–Kier alpha value is -2.04. The molecule has 86 valence electrons. The molecule has 1 aromatic carbocycles. The first-order valence-corrected chi connectivity index (χ1v) is 5.35. The minimum absolute atomic E-state index is 0.0375. The van der Waals surface area contributed by atoms with Gasteiger partial charge in [0, 0.05) is 5.69 Å². The zero-order valence-corrected chi connectivity index (χ0v) is 9.68. The Morgan fingerprint density at radius 1 is 1.29 bits per heavy atom. The van der Waals surface area contributed by atoms with Crippen LogP contribution >= 0.6 is 12.2 Å². The van der Waals surface area contributed by atoms with Crippen LogP contribution in [0.1, 0.15) is 0 Å². The van der Waals surface area contributed by atoms with E-state index in [4.69, 9.17) is 0 Å². The van der Waals surface area contributed by atoms with Crippen molar-refractivity contribution in [3.8, 4) is 0 Å². The van der Waals surface area contributed by atoms with Crippen LogP contribution in [0.25, 0.3) is 0 Å². The second-order valence-corrected chi connectivity index (χ2v) is 3.60. The van der Waals surface area contributed by atoms with E-state index in [1.807, 2.05) is 18.2 Å². The number of benzene rings is 1. The minimum Gasteiger partial charge on any atom is -0.284 e.